The van der Waals surface area contributed by atoms with Gasteiger partial charge in [-0.3, -0.25) is 14.5 Å². The van der Waals surface area contributed by atoms with Crippen LogP contribution in [-0.4, -0.2) is 39.9 Å². The number of piperidine rings is 1. The molecule has 5 rings (SSSR count). The molecule has 194 valence electrons. The lowest BCUT2D eigenvalue weighted by Gasteiger charge is -2.31. The maximum atomic E-state index is 13.2. The van der Waals surface area contributed by atoms with Gasteiger partial charge < -0.3 is 15.2 Å². The van der Waals surface area contributed by atoms with E-state index in [1.54, 1.807) is 18.2 Å². The highest BCUT2D eigenvalue weighted by Crippen LogP contribution is 2.24. The Hall–Kier alpha value is -3.82. The smallest absolute Gasteiger partial charge is 0.253 e. The first-order valence-corrected chi connectivity index (χ1v) is 13.4. The average Bonchev–Trinajstić information content (AvgIpc) is 3.41. The van der Waals surface area contributed by atoms with Crippen LogP contribution in [0.15, 0.2) is 87.9 Å². The van der Waals surface area contributed by atoms with Gasteiger partial charge in [0, 0.05) is 23.1 Å². The van der Waals surface area contributed by atoms with Gasteiger partial charge in [0.05, 0.1) is 23.7 Å². The predicted molar refractivity (Wildman–Crippen MR) is 148 cm³/mol. The topological polar surface area (TPSA) is 100 Å². The van der Waals surface area contributed by atoms with E-state index in [0.717, 1.165) is 35.0 Å². The Morgan fingerprint density at radius 2 is 1.84 bits per heavy atom. The van der Waals surface area contributed by atoms with Gasteiger partial charge >= 0.3 is 0 Å². The highest BCUT2D eigenvalue weighted by molar-refractivity contribution is 9.10. The number of rotatable bonds is 8. The van der Waals surface area contributed by atoms with Crippen LogP contribution < -0.4 is 10.6 Å². The van der Waals surface area contributed by atoms with Crippen LogP contribution in [0.4, 0.5) is 5.69 Å². The number of nitrogens with one attached hydrogen (secondary N) is 2. The molecular weight excluding hydrogens is 546 g/mol. The van der Waals surface area contributed by atoms with E-state index in [2.05, 4.69) is 41.6 Å². The summed E-state index contributed by atoms with van der Waals surface area (Å²) in [4.78, 5) is 32.8. The monoisotopic (exact) mass is 573 g/mol. The van der Waals surface area contributed by atoms with Gasteiger partial charge in [-0.15, -0.1) is 0 Å². The minimum Gasteiger partial charge on any atom is -0.348 e. The second-order valence-corrected chi connectivity index (χ2v) is 10.2. The molecule has 3 aromatic carbocycles. The van der Waals surface area contributed by atoms with Gasteiger partial charge in [0.25, 0.3) is 5.91 Å². The van der Waals surface area contributed by atoms with Crippen LogP contribution in [0.2, 0.25) is 0 Å². The lowest BCUT2D eigenvalue weighted by molar-refractivity contribution is -0.121. The first kappa shape index (κ1) is 25.8. The summed E-state index contributed by atoms with van der Waals surface area (Å²) in [6.45, 7) is 2.31. The number of carbonyl (C=O) groups excluding carboxylic acids is 2. The highest BCUT2D eigenvalue weighted by Gasteiger charge is 2.28. The van der Waals surface area contributed by atoms with Crippen molar-refractivity contribution in [1.82, 2.24) is 20.4 Å². The molecule has 8 nitrogen and oxygen atoms in total. The average molecular weight is 574 g/mol. The van der Waals surface area contributed by atoms with E-state index in [1.165, 1.54) is 0 Å². The largest absolute Gasteiger partial charge is 0.348 e. The molecule has 1 saturated heterocycles. The minimum absolute atomic E-state index is 0.0987. The van der Waals surface area contributed by atoms with Crippen molar-refractivity contribution < 1.29 is 14.1 Å². The predicted octanol–water partition coefficient (Wildman–Crippen LogP) is 5.28. The maximum Gasteiger partial charge on any atom is 0.253 e. The van der Waals surface area contributed by atoms with E-state index in [4.69, 9.17) is 4.52 Å². The molecule has 2 N–H and O–H groups in total. The van der Waals surface area contributed by atoms with Gasteiger partial charge in [-0.2, -0.15) is 4.98 Å². The molecule has 38 heavy (non-hydrogen) atoms. The van der Waals surface area contributed by atoms with E-state index >= 15 is 0 Å². The minimum atomic E-state index is -0.229. The second-order valence-electron chi connectivity index (χ2n) is 9.30. The third kappa shape index (κ3) is 6.54. The van der Waals surface area contributed by atoms with Crippen molar-refractivity contribution in [3.05, 3.63) is 100 Å². The maximum absolute atomic E-state index is 13.2. The molecule has 0 bridgehead atoms. The van der Waals surface area contributed by atoms with Gasteiger partial charge in [0.15, 0.2) is 0 Å². The summed E-state index contributed by atoms with van der Waals surface area (Å²) in [6, 6.07) is 24.6. The third-order valence-electron chi connectivity index (χ3n) is 6.51. The number of para-hydroxylation sites is 1. The number of benzene rings is 3. The molecule has 1 unspecified atom stereocenters. The van der Waals surface area contributed by atoms with E-state index in [9.17, 15) is 9.59 Å². The van der Waals surface area contributed by atoms with Crippen molar-refractivity contribution in [3.8, 4) is 11.4 Å². The van der Waals surface area contributed by atoms with Gasteiger partial charge in [0.2, 0.25) is 17.6 Å². The highest BCUT2D eigenvalue weighted by atomic mass is 79.9. The van der Waals surface area contributed by atoms with Crippen LogP contribution in [-0.2, 0) is 17.9 Å². The Morgan fingerprint density at radius 1 is 1.03 bits per heavy atom. The standard InChI is InChI=1S/C29H28BrN5O3/c30-23-12-6-10-21(16-23)27-33-26(38-34-27)19-35-15-7-11-22(18-35)28(36)32-25-14-5-4-13-24(25)29(37)31-17-20-8-2-1-3-9-20/h1-6,8-10,12-14,16,22H,7,11,15,17-19H2,(H,31,37)(H,32,36). The molecule has 4 aromatic rings. The lowest BCUT2D eigenvalue weighted by Crippen LogP contribution is -2.40. The number of hydrogen-bond donors (Lipinski definition) is 2. The Labute approximate surface area is 229 Å². The molecular formula is C29H28BrN5O3. The van der Waals surface area contributed by atoms with Crippen LogP contribution in [0.1, 0.15) is 34.7 Å². The van der Waals surface area contributed by atoms with E-state index < -0.39 is 0 Å². The molecule has 1 aliphatic rings. The SMILES string of the molecule is O=C(NCc1ccccc1)c1ccccc1NC(=O)C1CCCN(Cc2nc(-c3cccc(Br)c3)no2)C1. The Morgan fingerprint density at radius 3 is 2.68 bits per heavy atom. The van der Waals surface area contributed by atoms with Crippen molar-refractivity contribution in [3.63, 3.8) is 0 Å². The van der Waals surface area contributed by atoms with Crippen molar-refractivity contribution in [2.24, 2.45) is 5.92 Å². The van der Waals surface area contributed by atoms with Crippen LogP contribution >= 0.6 is 15.9 Å². The number of hydrogen-bond acceptors (Lipinski definition) is 6. The van der Waals surface area contributed by atoms with Crippen LogP contribution in [0.25, 0.3) is 11.4 Å². The molecule has 0 aliphatic carbocycles. The molecule has 2 amide bonds. The Balaban J connectivity index is 1.19. The number of nitrogens with zero attached hydrogens (tertiary/aromatic N) is 3. The van der Waals surface area contributed by atoms with E-state index in [1.807, 2.05) is 60.7 Å². The van der Waals surface area contributed by atoms with Gasteiger partial charge in [-0.25, -0.2) is 0 Å². The molecule has 0 saturated carbocycles. The zero-order valence-electron chi connectivity index (χ0n) is 20.8. The van der Waals surface area contributed by atoms with Gasteiger partial charge in [0.1, 0.15) is 0 Å². The van der Waals surface area contributed by atoms with Crippen LogP contribution in [0, 0.1) is 5.92 Å². The summed E-state index contributed by atoms with van der Waals surface area (Å²) in [5, 5.41) is 10.0. The summed E-state index contributed by atoms with van der Waals surface area (Å²) in [7, 11) is 0. The summed E-state index contributed by atoms with van der Waals surface area (Å²) in [6.07, 6.45) is 1.65. The van der Waals surface area contributed by atoms with Crippen LogP contribution in [0.5, 0.6) is 0 Å². The fourth-order valence-electron chi connectivity index (χ4n) is 4.57. The van der Waals surface area contributed by atoms with Crippen molar-refractivity contribution in [2.75, 3.05) is 18.4 Å². The molecule has 0 spiro atoms. The molecule has 2 heterocycles. The van der Waals surface area contributed by atoms with Crippen molar-refractivity contribution in [1.29, 1.82) is 0 Å². The first-order chi connectivity index (χ1) is 18.5. The zero-order valence-corrected chi connectivity index (χ0v) is 22.4. The zero-order chi connectivity index (χ0) is 26.3. The lowest BCUT2D eigenvalue weighted by atomic mass is 9.96. The number of anilines is 1. The number of amides is 2. The van der Waals surface area contributed by atoms with Crippen molar-refractivity contribution in [2.45, 2.75) is 25.9 Å². The molecule has 1 fully saturated rings. The van der Waals surface area contributed by atoms with E-state index in [0.29, 0.717) is 42.6 Å². The molecule has 1 aliphatic heterocycles. The fourth-order valence-corrected chi connectivity index (χ4v) is 4.97. The summed E-state index contributed by atoms with van der Waals surface area (Å²) in [5.41, 5.74) is 2.83. The van der Waals surface area contributed by atoms with Gasteiger partial charge in [-0.1, -0.05) is 75.7 Å². The first-order valence-electron chi connectivity index (χ1n) is 12.6. The number of likely N-dealkylation sites (tertiary alicyclic amines) is 1. The summed E-state index contributed by atoms with van der Waals surface area (Å²) >= 11 is 3.46. The number of carbonyl (C=O) groups is 2. The fraction of sp³-hybridized carbons (Fsp3) is 0.241. The normalized spacial score (nSPS) is 15.7. The van der Waals surface area contributed by atoms with Crippen molar-refractivity contribution >= 4 is 33.4 Å². The molecule has 1 aromatic heterocycles. The number of halogens is 1. The molecule has 9 heteroatoms. The van der Waals surface area contributed by atoms with Crippen LogP contribution in [0.3, 0.4) is 0 Å². The second kappa shape index (κ2) is 12.1. The molecule has 1 atom stereocenters. The number of aromatic nitrogens is 2. The molecule has 0 radical (unpaired) electrons. The summed E-state index contributed by atoms with van der Waals surface area (Å²) < 4.78 is 6.43. The quantitative estimate of drug-likeness (QED) is 0.297. The Bertz CT molecular complexity index is 1410. The van der Waals surface area contributed by atoms with E-state index in [-0.39, 0.29) is 17.7 Å². The third-order valence-corrected chi connectivity index (χ3v) is 7.00. The summed E-state index contributed by atoms with van der Waals surface area (Å²) in [5.74, 6) is 0.513. The van der Waals surface area contributed by atoms with Gasteiger partial charge in [-0.05, 0) is 49.2 Å². The Kier molecular flexibility index (Phi) is 8.25.